The highest BCUT2D eigenvalue weighted by atomic mass is 35.5. The molecule has 270 valence electrons. The van der Waals surface area contributed by atoms with Crippen LogP contribution in [0, 0.1) is 25.5 Å². The summed E-state index contributed by atoms with van der Waals surface area (Å²) >= 11 is 7.76. The van der Waals surface area contributed by atoms with Crippen LogP contribution < -0.4 is 15.0 Å². The zero-order chi connectivity index (χ0) is 36.3. The Morgan fingerprint density at radius 2 is 1.83 bits per heavy atom. The SMILES string of the molecule is Cc1cc(-c2cc(Cl)ccc2OCCn2c(C)nc3c(c2=O)C[C@@H](N2CCC(Oc4ccc(F)cc4F)CC2)CC32CC2)c2scc(C(=O)O)c2n1. The number of pyridine rings is 1. The molecule has 0 radical (unpaired) electrons. The average molecular weight is 747 g/mol. The molecule has 1 saturated carbocycles. The first-order valence-corrected chi connectivity index (χ1v) is 18.8. The number of ether oxygens (including phenoxy) is 2. The predicted octanol–water partition coefficient (Wildman–Crippen LogP) is 7.74. The molecule has 13 heteroatoms. The number of likely N-dealkylation sites (tertiary alicyclic amines) is 1. The summed E-state index contributed by atoms with van der Waals surface area (Å²) in [6.45, 7) is 5.71. The first-order valence-electron chi connectivity index (χ1n) is 17.5. The Morgan fingerprint density at radius 1 is 1.06 bits per heavy atom. The third kappa shape index (κ3) is 6.45. The molecule has 52 heavy (non-hydrogen) atoms. The second kappa shape index (κ2) is 13.5. The van der Waals surface area contributed by atoms with Gasteiger partial charge in [0.05, 0.1) is 28.0 Å². The fourth-order valence-electron chi connectivity index (χ4n) is 7.98. The summed E-state index contributed by atoms with van der Waals surface area (Å²) in [6.07, 6.45) is 4.86. The van der Waals surface area contributed by atoms with E-state index in [1.807, 2.05) is 19.9 Å². The summed E-state index contributed by atoms with van der Waals surface area (Å²) in [7, 11) is 0. The van der Waals surface area contributed by atoms with E-state index < -0.39 is 17.6 Å². The maximum Gasteiger partial charge on any atom is 0.338 e. The van der Waals surface area contributed by atoms with Crippen molar-refractivity contribution in [3.8, 4) is 22.6 Å². The molecule has 1 aliphatic heterocycles. The molecule has 3 aliphatic rings. The van der Waals surface area contributed by atoms with Crippen molar-refractivity contribution in [1.29, 1.82) is 0 Å². The lowest BCUT2D eigenvalue weighted by Crippen LogP contribution is -2.50. The van der Waals surface area contributed by atoms with Gasteiger partial charge < -0.3 is 14.6 Å². The Hall–Kier alpha value is -4.39. The van der Waals surface area contributed by atoms with Crippen LogP contribution in [0.3, 0.4) is 0 Å². The molecule has 0 unspecified atom stereocenters. The molecular weight excluding hydrogens is 710 g/mol. The molecule has 1 spiro atoms. The van der Waals surface area contributed by atoms with Gasteiger partial charge in [0, 0.05) is 63.4 Å². The van der Waals surface area contributed by atoms with Crippen LogP contribution in [0.4, 0.5) is 8.78 Å². The molecule has 3 aromatic heterocycles. The molecule has 8 rings (SSSR count). The highest BCUT2D eigenvalue weighted by molar-refractivity contribution is 7.18. The van der Waals surface area contributed by atoms with E-state index in [4.69, 9.17) is 26.1 Å². The van der Waals surface area contributed by atoms with Crippen molar-refractivity contribution >= 4 is 39.1 Å². The Bertz CT molecular complexity index is 2280. The van der Waals surface area contributed by atoms with E-state index in [0.717, 1.165) is 59.9 Å². The van der Waals surface area contributed by atoms with Crippen LogP contribution in [0.2, 0.25) is 5.02 Å². The number of hydrogen-bond donors (Lipinski definition) is 1. The number of carbonyl (C=O) groups is 1. The van der Waals surface area contributed by atoms with Crippen LogP contribution in [0.5, 0.6) is 11.5 Å². The van der Waals surface area contributed by atoms with Crippen molar-refractivity contribution in [3.05, 3.63) is 103 Å². The number of fused-ring (bicyclic) bond motifs is 3. The number of nitrogens with zero attached hydrogens (tertiary/aromatic N) is 4. The Morgan fingerprint density at radius 3 is 2.56 bits per heavy atom. The normalized spacial score (nSPS) is 18.4. The van der Waals surface area contributed by atoms with E-state index >= 15 is 0 Å². The maximum atomic E-state index is 14.2. The Balaban J connectivity index is 0.991. The molecule has 0 amide bonds. The number of carboxylic acids is 1. The second-order valence-electron chi connectivity index (χ2n) is 14.1. The van der Waals surface area contributed by atoms with Crippen LogP contribution in [0.25, 0.3) is 21.3 Å². The standard InChI is InChI=1S/C39H37ClF2N4O5S/c1-21-15-28(35-34(43-21)30(20-52-35)38(48)49)27-16-23(40)3-5-32(27)50-14-13-46-22(2)44-36-29(37(46)47)18-25(19-39(36)9-10-39)45-11-7-26(8-12-45)51-33-6-4-24(41)17-31(33)42/h3-6,15-17,20,25-26H,7-14,18-19H2,1-2H3,(H,48,49)/t25-/m1/s1. The molecule has 1 saturated heterocycles. The van der Waals surface area contributed by atoms with Gasteiger partial charge in [-0.1, -0.05) is 11.6 Å². The lowest BCUT2D eigenvalue weighted by Gasteiger charge is -2.41. The third-order valence-electron chi connectivity index (χ3n) is 10.7. The van der Waals surface area contributed by atoms with Gasteiger partial charge in [0.15, 0.2) is 11.6 Å². The van der Waals surface area contributed by atoms with Crippen LogP contribution in [-0.4, -0.2) is 62.4 Å². The fourth-order valence-corrected chi connectivity index (χ4v) is 9.16. The smallest absolute Gasteiger partial charge is 0.338 e. The highest BCUT2D eigenvalue weighted by Gasteiger charge is 2.53. The number of aromatic nitrogens is 3. The van der Waals surface area contributed by atoms with Gasteiger partial charge in [-0.25, -0.2) is 18.6 Å². The van der Waals surface area contributed by atoms with Crippen LogP contribution in [0.1, 0.15) is 65.2 Å². The number of aromatic carboxylic acids is 1. The van der Waals surface area contributed by atoms with E-state index in [9.17, 15) is 23.5 Å². The van der Waals surface area contributed by atoms with E-state index in [0.29, 0.717) is 59.2 Å². The molecule has 1 atom stereocenters. The zero-order valence-corrected chi connectivity index (χ0v) is 30.3. The summed E-state index contributed by atoms with van der Waals surface area (Å²) in [5.74, 6) is -1.07. The maximum absolute atomic E-state index is 14.2. The van der Waals surface area contributed by atoms with Gasteiger partial charge >= 0.3 is 5.97 Å². The monoisotopic (exact) mass is 746 g/mol. The molecule has 0 bridgehead atoms. The first-order chi connectivity index (χ1) is 25.0. The van der Waals surface area contributed by atoms with Crippen molar-refractivity contribution in [2.24, 2.45) is 0 Å². The van der Waals surface area contributed by atoms with Crippen molar-refractivity contribution < 1.29 is 28.2 Å². The number of halogens is 3. The molecule has 5 aromatic rings. The minimum absolute atomic E-state index is 0.0327. The largest absolute Gasteiger partial charge is 0.491 e. The van der Waals surface area contributed by atoms with Gasteiger partial charge in [0.25, 0.3) is 5.56 Å². The van der Waals surface area contributed by atoms with Crippen molar-refractivity contribution in [3.63, 3.8) is 0 Å². The van der Waals surface area contributed by atoms with Gasteiger partial charge in [-0.15, -0.1) is 11.3 Å². The van der Waals surface area contributed by atoms with E-state index in [1.54, 1.807) is 28.1 Å². The highest BCUT2D eigenvalue weighted by Crippen LogP contribution is 2.55. The number of hydrogen-bond acceptors (Lipinski definition) is 8. The van der Waals surface area contributed by atoms with Crippen molar-refractivity contribution in [2.75, 3.05) is 19.7 Å². The molecule has 1 N–H and O–H groups in total. The van der Waals surface area contributed by atoms with E-state index in [2.05, 4.69) is 9.88 Å². The number of thiophene rings is 1. The number of carboxylic acid groups (broad SMARTS) is 1. The lowest BCUT2D eigenvalue weighted by atomic mass is 9.80. The molecular formula is C39H37ClF2N4O5S. The van der Waals surface area contributed by atoms with Crippen molar-refractivity contribution in [1.82, 2.24) is 19.4 Å². The number of rotatable bonds is 9. The summed E-state index contributed by atoms with van der Waals surface area (Å²) in [5, 5.41) is 11.8. The fraction of sp³-hybridized carbons (Fsp3) is 0.385. The van der Waals surface area contributed by atoms with E-state index in [-0.39, 0.29) is 41.0 Å². The third-order valence-corrected chi connectivity index (χ3v) is 12.0. The van der Waals surface area contributed by atoms with Crippen LogP contribution in [0.15, 0.2) is 52.6 Å². The zero-order valence-electron chi connectivity index (χ0n) is 28.8. The number of piperidine rings is 1. The average Bonchev–Trinajstić information content (AvgIpc) is 3.75. The van der Waals surface area contributed by atoms with Crippen molar-refractivity contribution in [2.45, 2.75) is 76.5 Å². The predicted molar refractivity (Wildman–Crippen MR) is 195 cm³/mol. The topological polar surface area (TPSA) is 107 Å². The summed E-state index contributed by atoms with van der Waals surface area (Å²) in [5.41, 5.74) is 4.35. The van der Waals surface area contributed by atoms with Gasteiger partial charge in [-0.2, -0.15) is 0 Å². The molecule has 9 nitrogen and oxygen atoms in total. The van der Waals surface area contributed by atoms with Crippen LogP contribution >= 0.6 is 22.9 Å². The van der Waals surface area contributed by atoms with Gasteiger partial charge in [-0.3, -0.25) is 19.2 Å². The minimum Gasteiger partial charge on any atom is -0.491 e. The molecule has 4 heterocycles. The number of benzene rings is 2. The molecule has 2 aromatic carbocycles. The molecule has 2 aliphatic carbocycles. The summed E-state index contributed by atoms with van der Waals surface area (Å²) in [4.78, 5) is 38.0. The van der Waals surface area contributed by atoms with Gasteiger partial charge in [-0.05, 0) is 88.8 Å². The molecule has 2 fully saturated rings. The van der Waals surface area contributed by atoms with Crippen LogP contribution in [-0.2, 0) is 18.4 Å². The minimum atomic E-state index is -1.04. The Kier molecular flexibility index (Phi) is 9.03. The Labute approximate surface area is 307 Å². The quantitative estimate of drug-likeness (QED) is 0.163. The van der Waals surface area contributed by atoms with Gasteiger partial charge in [0.2, 0.25) is 0 Å². The number of aryl methyl sites for hydroxylation is 2. The second-order valence-corrected chi connectivity index (χ2v) is 15.5. The van der Waals surface area contributed by atoms with E-state index in [1.165, 1.54) is 23.5 Å². The first kappa shape index (κ1) is 34.7. The van der Waals surface area contributed by atoms with Gasteiger partial charge in [0.1, 0.15) is 30.1 Å². The summed E-state index contributed by atoms with van der Waals surface area (Å²) < 4.78 is 42.3. The lowest BCUT2D eigenvalue weighted by molar-refractivity contribution is 0.0638. The summed E-state index contributed by atoms with van der Waals surface area (Å²) in [6, 6.07) is 10.8.